The molecule has 0 saturated heterocycles. The monoisotopic (exact) mass is 262 g/mol. The average molecular weight is 262 g/mol. The summed E-state index contributed by atoms with van der Waals surface area (Å²) in [5, 5.41) is 8.69. The maximum Gasteiger partial charge on any atom is 0.328 e. The second kappa shape index (κ2) is 4.24. The van der Waals surface area contributed by atoms with Crippen LogP contribution in [0.5, 0.6) is 0 Å². The zero-order chi connectivity index (χ0) is 12.7. The molecule has 4 nitrogen and oxygen atoms in total. The third-order valence-corrected chi connectivity index (χ3v) is 4.49. The van der Waals surface area contributed by atoms with Gasteiger partial charge in [-0.25, -0.2) is 9.78 Å². The molecule has 1 aliphatic rings. The molecule has 18 heavy (non-hydrogen) atoms. The van der Waals surface area contributed by atoms with E-state index in [1.807, 2.05) is 0 Å². The summed E-state index contributed by atoms with van der Waals surface area (Å²) in [6.07, 6.45) is 7.89. The van der Waals surface area contributed by atoms with Crippen molar-refractivity contribution < 1.29 is 9.90 Å². The van der Waals surface area contributed by atoms with Crippen LogP contribution in [0.1, 0.15) is 29.6 Å². The van der Waals surface area contributed by atoms with E-state index in [0.29, 0.717) is 0 Å². The highest BCUT2D eigenvalue weighted by molar-refractivity contribution is 7.17. The fourth-order valence-electron chi connectivity index (χ4n) is 2.47. The van der Waals surface area contributed by atoms with Gasteiger partial charge in [-0.2, -0.15) is 0 Å². The summed E-state index contributed by atoms with van der Waals surface area (Å²) in [6.45, 7) is 2.27. The van der Waals surface area contributed by atoms with Crippen LogP contribution < -0.4 is 0 Å². The minimum Gasteiger partial charge on any atom is -0.478 e. The maximum absolute atomic E-state index is 10.6. The number of rotatable bonds is 2. The largest absolute Gasteiger partial charge is 0.478 e. The number of thiazole rings is 1. The molecule has 1 unspecified atom stereocenters. The Morgan fingerprint density at radius 3 is 3.28 bits per heavy atom. The third kappa shape index (κ3) is 1.84. The Balaban J connectivity index is 2.10. The maximum atomic E-state index is 10.6. The summed E-state index contributed by atoms with van der Waals surface area (Å²) in [4.78, 5) is 17.3. The van der Waals surface area contributed by atoms with Crippen LogP contribution in [-0.2, 0) is 17.6 Å². The lowest BCUT2D eigenvalue weighted by atomic mass is 9.93. The Morgan fingerprint density at radius 1 is 1.67 bits per heavy atom. The molecule has 1 aliphatic carbocycles. The molecule has 0 spiro atoms. The molecule has 5 heteroatoms. The molecule has 1 atom stereocenters. The quantitative estimate of drug-likeness (QED) is 0.846. The number of carbonyl (C=O) groups is 1. The van der Waals surface area contributed by atoms with E-state index in [2.05, 4.69) is 16.3 Å². The number of carboxylic acids is 1. The lowest BCUT2D eigenvalue weighted by molar-refractivity contribution is -0.131. The van der Waals surface area contributed by atoms with Crippen molar-refractivity contribution in [3.63, 3.8) is 0 Å². The number of aryl methyl sites for hydroxylation is 1. The van der Waals surface area contributed by atoms with Crippen LogP contribution in [0.2, 0.25) is 0 Å². The van der Waals surface area contributed by atoms with Gasteiger partial charge in [-0.1, -0.05) is 6.92 Å². The molecule has 2 aromatic heterocycles. The molecule has 0 aromatic carbocycles. The molecular formula is C13H14N2O2S. The Kier molecular flexibility index (Phi) is 2.70. The first-order valence-electron chi connectivity index (χ1n) is 6.04. The van der Waals surface area contributed by atoms with E-state index in [9.17, 15) is 4.79 Å². The van der Waals surface area contributed by atoms with Crippen LogP contribution in [0.4, 0.5) is 0 Å². The number of aliphatic carboxylic acids is 1. The third-order valence-electron chi connectivity index (χ3n) is 3.37. The van der Waals surface area contributed by atoms with Crippen LogP contribution in [0.3, 0.4) is 0 Å². The molecule has 2 heterocycles. The molecule has 94 valence electrons. The van der Waals surface area contributed by atoms with Crippen LogP contribution in [-0.4, -0.2) is 20.5 Å². The van der Waals surface area contributed by atoms with Crippen molar-refractivity contribution in [1.29, 1.82) is 0 Å². The lowest BCUT2D eigenvalue weighted by Gasteiger charge is -2.17. The van der Waals surface area contributed by atoms with E-state index < -0.39 is 5.97 Å². The topological polar surface area (TPSA) is 54.6 Å². The van der Waals surface area contributed by atoms with Gasteiger partial charge in [-0.05, 0) is 31.3 Å². The van der Waals surface area contributed by atoms with Crippen molar-refractivity contribution in [2.45, 2.75) is 26.2 Å². The van der Waals surface area contributed by atoms with Gasteiger partial charge in [-0.3, -0.25) is 4.40 Å². The number of hydrogen-bond acceptors (Lipinski definition) is 3. The molecule has 0 bridgehead atoms. The van der Waals surface area contributed by atoms with Gasteiger partial charge in [-0.15, -0.1) is 11.3 Å². The summed E-state index contributed by atoms with van der Waals surface area (Å²) in [5.41, 5.74) is 2.18. The molecule has 0 radical (unpaired) electrons. The molecule has 0 fully saturated rings. The van der Waals surface area contributed by atoms with E-state index in [0.717, 1.165) is 29.4 Å². The summed E-state index contributed by atoms with van der Waals surface area (Å²) < 4.78 is 2.10. The van der Waals surface area contributed by atoms with Crippen LogP contribution in [0.15, 0.2) is 12.3 Å². The van der Waals surface area contributed by atoms with Gasteiger partial charge in [0.25, 0.3) is 0 Å². The van der Waals surface area contributed by atoms with Gasteiger partial charge in [0, 0.05) is 16.6 Å². The van der Waals surface area contributed by atoms with E-state index in [1.54, 1.807) is 23.6 Å². The molecule has 2 aromatic rings. The van der Waals surface area contributed by atoms with Gasteiger partial charge in [0.2, 0.25) is 0 Å². The molecule has 0 aliphatic heterocycles. The van der Waals surface area contributed by atoms with Gasteiger partial charge >= 0.3 is 5.97 Å². The van der Waals surface area contributed by atoms with E-state index in [1.165, 1.54) is 23.1 Å². The average Bonchev–Trinajstić information content (AvgIpc) is 2.84. The van der Waals surface area contributed by atoms with Crippen molar-refractivity contribution >= 4 is 28.3 Å². The van der Waals surface area contributed by atoms with Crippen molar-refractivity contribution in [1.82, 2.24) is 9.38 Å². The van der Waals surface area contributed by atoms with E-state index in [4.69, 9.17) is 5.11 Å². The lowest BCUT2D eigenvalue weighted by Crippen LogP contribution is -2.11. The van der Waals surface area contributed by atoms with Gasteiger partial charge < -0.3 is 5.11 Å². The van der Waals surface area contributed by atoms with E-state index in [-0.39, 0.29) is 0 Å². The highest BCUT2D eigenvalue weighted by Gasteiger charge is 2.21. The first-order chi connectivity index (χ1) is 8.65. The number of carboxylic acid groups (broad SMARTS) is 1. The highest BCUT2D eigenvalue weighted by Crippen LogP contribution is 2.33. The number of fused-ring (bicyclic) bond motifs is 3. The number of aromatic nitrogens is 2. The van der Waals surface area contributed by atoms with Crippen molar-refractivity contribution in [3.8, 4) is 0 Å². The zero-order valence-electron chi connectivity index (χ0n) is 10.1. The summed E-state index contributed by atoms with van der Waals surface area (Å²) in [5.74, 6) is -0.193. The van der Waals surface area contributed by atoms with Crippen LogP contribution in [0, 0.1) is 5.92 Å². The summed E-state index contributed by atoms with van der Waals surface area (Å²) >= 11 is 1.73. The molecule has 3 rings (SSSR count). The molecule has 0 amide bonds. The standard InChI is InChI=1S/C13H14N2O2S/c1-8-2-4-10-11(6-8)18-13-14-7-9(15(10)13)3-5-12(16)17/h3,5,7-8H,2,4,6H2,1H3,(H,16,17)/b5-3+. The second-order valence-corrected chi connectivity index (χ2v) is 5.85. The minimum absolute atomic E-state index is 0.735. The van der Waals surface area contributed by atoms with Crippen molar-refractivity contribution in [2.24, 2.45) is 5.92 Å². The SMILES string of the molecule is CC1CCc2c(sc3ncc(/C=C/C(=O)O)n23)C1. The van der Waals surface area contributed by atoms with Gasteiger partial charge in [0.1, 0.15) is 0 Å². The predicted octanol–water partition coefficient (Wildman–Crippen LogP) is 2.62. The number of imidazole rings is 1. The number of hydrogen-bond donors (Lipinski definition) is 1. The number of nitrogens with zero attached hydrogens (tertiary/aromatic N) is 2. The molecule has 0 saturated carbocycles. The molecule has 1 N–H and O–H groups in total. The van der Waals surface area contributed by atoms with Crippen LogP contribution in [0.25, 0.3) is 11.0 Å². The Labute approximate surface area is 109 Å². The first kappa shape index (κ1) is 11.5. The fraction of sp³-hybridized carbons (Fsp3) is 0.385. The summed E-state index contributed by atoms with van der Waals surface area (Å²) in [7, 11) is 0. The normalized spacial score (nSPS) is 19.5. The Bertz CT molecular complexity index is 639. The Hall–Kier alpha value is -1.62. The second-order valence-electron chi connectivity index (χ2n) is 4.79. The Morgan fingerprint density at radius 2 is 2.50 bits per heavy atom. The fourth-order valence-corrected chi connectivity index (χ4v) is 3.78. The minimum atomic E-state index is -0.928. The molecular weight excluding hydrogens is 248 g/mol. The summed E-state index contributed by atoms with van der Waals surface area (Å²) in [6, 6.07) is 0. The highest BCUT2D eigenvalue weighted by atomic mass is 32.1. The van der Waals surface area contributed by atoms with Crippen LogP contribution >= 0.6 is 11.3 Å². The van der Waals surface area contributed by atoms with Gasteiger partial charge in [0.05, 0.1) is 11.9 Å². The smallest absolute Gasteiger partial charge is 0.328 e. The first-order valence-corrected chi connectivity index (χ1v) is 6.86. The van der Waals surface area contributed by atoms with Gasteiger partial charge in [0.15, 0.2) is 4.96 Å². The van der Waals surface area contributed by atoms with Crippen molar-refractivity contribution in [3.05, 3.63) is 28.5 Å². The predicted molar refractivity (Wildman–Crippen MR) is 70.9 cm³/mol. The zero-order valence-corrected chi connectivity index (χ0v) is 10.9. The van der Waals surface area contributed by atoms with E-state index >= 15 is 0 Å². The van der Waals surface area contributed by atoms with Crippen molar-refractivity contribution in [2.75, 3.05) is 0 Å².